The summed E-state index contributed by atoms with van der Waals surface area (Å²) in [5, 5.41) is 18.1. The van der Waals surface area contributed by atoms with Gasteiger partial charge in [0, 0.05) is 197 Å². The van der Waals surface area contributed by atoms with Gasteiger partial charge in [-0.25, -0.2) is 39.9 Å². The fourth-order valence-electron chi connectivity index (χ4n) is 17.6. The molecule has 132 heavy (non-hydrogen) atoms. The number of halogens is 5. The molecule has 39 heteroatoms. The standard InChI is InChI=1S/C25H32N6O3.C23H25F3N6O3.C23H28N6O2.C22H24F2N6O2/c1-17(2)33-21-15-28-25(29-16-21)30-18-3-5-20(6-4-18)34-23-14-19(31-9-11-32-12-10-31)13-22-24(23)27-8-7-26-22;24-23(25,26)20-13-18(30-31-20)22(33)29-14-1-3-16(4-2-14)35-19-12-15(32-7-9-34-10-8-32)11-17-21(19)28-6-5-27-17;1-16-6-7-26-23(27-16)28-17-2-4-19(5-3-17)31-21-15-18(29-10-12-30-13-11-29)14-20-22(21)25-9-8-24-20;23-19-13-20(24)29-22(28-19)27-14-1-3-16(4-2-14)32-18-12-15(30-7-9-31-10-8-30)11-17-21(18)26-6-5-25-17/h7-8,13-18,20H,3-6,9-12H2,1-2H3,(H,28,29,30);5-6,11-14,16H,1-4,7-10H2,(H,29,33)(H,30,31);6-9,14-15,17,19H,2-5,10-13H2,1H3,(H,26,27,28);5-6,11-14,16H,1-4,7-10H2,(H,27,28,29). The highest BCUT2D eigenvalue weighted by Crippen LogP contribution is 2.40. The van der Waals surface area contributed by atoms with Gasteiger partial charge in [0.25, 0.3) is 5.91 Å². The number of ether oxygens (including phenoxy) is 9. The molecule has 0 bridgehead atoms. The van der Waals surface area contributed by atoms with Crippen molar-refractivity contribution in [1.29, 1.82) is 0 Å². The predicted octanol–water partition coefficient (Wildman–Crippen LogP) is 13.9. The average Bonchev–Trinajstić information content (AvgIpc) is 0.942. The van der Waals surface area contributed by atoms with E-state index in [-0.39, 0.29) is 54.2 Å². The van der Waals surface area contributed by atoms with Crippen LogP contribution in [0.25, 0.3) is 44.1 Å². The molecule has 4 saturated carbocycles. The quantitative estimate of drug-likeness (QED) is 0.0311. The van der Waals surface area contributed by atoms with Crippen LogP contribution in [0, 0.1) is 18.8 Å². The van der Waals surface area contributed by atoms with Crippen molar-refractivity contribution in [2.24, 2.45) is 0 Å². The number of fused-ring (bicyclic) bond motifs is 4. The van der Waals surface area contributed by atoms with Gasteiger partial charge < -0.3 is 83.5 Å². The van der Waals surface area contributed by atoms with Crippen LogP contribution < -0.4 is 64.6 Å². The zero-order valence-electron chi connectivity index (χ0n) is 74.0. The Morgan fingerprint density at radius 3 is 1.07 bits per heavy atom. The summed E-state index contributed by atoms with van der Waals surface area (Å²) in [5.41, 5.74) is 10.3. The number of H-pyrrole nitrogens is 1. The SMILES string of the molecule is CC(C)Oc1cnc(NC2CCC(Oc3cc(N4CCOCC4)cc4nccnc34)CC2)nc1.Cc1ccnc(NC2CCC(Oc3cc(N4CCOCC4)cc4nccnc34)CC2)n1.Fc1cc(F)nc(NC2CCC(Oc3cc(N4CCOCC4)cc4nccnc34)CC2)n1.O=C(NC1CCC(Oc2cc(N3CCOCC3)cc3nccnc23)CC1)c1cc(C(F)(F)F)[nH]n1. The van der Waals surface area contributed by atoms with E-state index in [2.05, 4.69) is 140 Å². The first-order chi connectivity index (χ1) is 64.4. The molecule has 4 saturated heterocycles. The molecule has 4 aliphatic carbocycles. The smallest absolute Gasteiger partial charge is 0.432 e. The maximum absolute atomic E-state index is 13.3. The molecule has 8 fully saturated rings. The highest BCUT2D eigenvalue weighted by atomic mass is 19.4. The van der Waals surface area contributed by atoms with E-state index in [1.807, 2.05) is 56.2 Å². The van der Waals surface area contributed by atoms with Crippen molar-refractivity contribution in [2.45, 2.75) is 184 Å². The van der Waals surface area contributed by atoms with Crippen LogP contribution in [-0.4, -0.2) is 246 Å². The number of aromatic nitrogens is 16. The Bertz CT molecular complexity index is 5770. The van der Waals surface area contributed by atoms with E-state index in [4.69, 9.17) is 42.6 Å². The van der Waals surface area contributed by atoms with Crippen LogP contribution in [-0.2, 0) is 25.1 Å². The summed E-state index contributed by atoms with van der Waals surface area (Å²) in [6.07, 6.45) is 28.3. The van der Waals surface area contributed by atoms with Gasteiger partial charge in [0.2, 0.25) is 29.7 Å². The number of carbonyl (C=O) groups is 1. The normalized spacial score (nSPS) is 21.3. The van der Waals surface area contributed by atoms with Gasteiger partial charge in [-0.3, -0.25) is 29.8 Å². The number of aromatic amines is 1. The summed E-state index contributed by atoms with van der Waals surface area (Å²) in [5.74, 6) is 2.65. The first-order valence-corrected chi connectivity index (χ1v) is 45.6. The van der Waals surface area contributed by atoms with E-state index in [9.17, 15) is 26.7 Å². The van der Waals surface area contributed by atoms with Gasteiger partial charge in [-0.1, -0.05) is 0 Å². The second-order valence-corrected chi connectivity index (χ2v) is 34.1. The van der Waals surface area contributed by atoms with Gasteiger partial charge in [-0.2, -0.15) is 37.0 Å². The third-order valence-electron chi connectivity index (χ3n) is 24.4. The number of aryl methyl sites for hydroxylation is 1. The molecular weight excluding hydrogens is 1710 g/mol. The lowest BCUT2D eigenvalue weighted by atomic mass is 9.92. The molecule has 20 rings (SSSR count). The van der Waals surface area contributed by atoms with Gasteiger partial charge in [0.1, 0.15) is 50.8 Å². The summed E-state index contributed by atoms with van der Waals surface area (Å²) in [6, 6.07) is 20.4. The van der Waals surface area contributed by atoms with Crippen LogP contribution >= 0.6 is 0 Å². The van der Waals surface area contributed by atoms with Crippen LogP contribution in [0.4, 0.5) is 62.5 Å². The van der Waals surface area contributed by atoms with Crippen LogP contribution in [0.15, 0.2) is 135 Å². The topological polar surface area (TPSA) is 370 Å². The third-order valence-corrected chi connectivity index (χ3v) is 24.4. The number of nitrogens with one attached hydrogen (secondary N) is 5. The molecule has 4 aromatic carbocycles. The van der Waals surface area contributed by atoms with Crippen molar-refractivity contribution in [2.75, 3.05) is 141 Å². The molecule has 696 valence electrons. The molecule has 0 atom stereocenters. The summed E-state index contributed by atoms with van der Waals surface area (Å²) in [4.78, 5) is 82.4. The molecule has 1 amide bonds. The van der Waals surface area contributed by atoms with Crippen molar-refractivity contribution >= 4 is 90.6 Å². The lowest BCUT2D eigenvalue weighted by molar-refractivity contribution is -0.141. The zero-order chi connectivity index (χ0) is 90.7. The fraction of sp³-hybridized carbons (Fsp3) is 0.484. The van der Waals surface area contributed by atoms with Gasteiger partial charge >= 0.3 is 6.18 Å². The van der Waals surface area contributed by atoms with Crippen LogP contribution in [0.1, 0.15) is 138 Å². The van der Waals surface area contributed by atoms with E-state index in [0.29, 0.717) is 99.2 Å². The van der Waals surface area contributed by atoms with Gasteiger partial charge in [-0.15, -0.1) is 0 Å². The van der Waals surface area contributed by atoms with Crippen molar-refractivity contribution in [3.63, 3.8) is 0 Å². The molecular formula is C93H109F5N24O10. The Labute approximate surface area is 759 Å². The summed E-state index contributed by atoms with van der Waals surface area (Å²) >= 11 is 0. The lowest BCUT2D eigenvalue weighted by Crippen LogP contribution is -2.40. The highest BCUT2D eigenvalue weighted by Gasteiger charge is 2.36. The van der Waals surface area contributed by atoms with E-state index in [0.717, 1.165) is 246 Å². The minimum absolute atomic E-state index is 0.0170. The summed E-state index contributed by atoms with van der Waals surface area (Å²) < 4.78 is 118. The summed E-state index contributed by atoms with van der Waals surface area (Å²) in [7, 11) is 0. The number of nitrogens with zero attached hydrogens (tertiary/aromatic N) is 19. The Morgan fingerprint density at radius 1 is 0.402 bits per heavy atom. The number of hydrogen-bond donors (Lipinski definition) is 5. The molecule has 8 aliphatic rings. The Hall–Kier alpha value is -12.8. The third kappa shape index (κ3) is 24.5. The molecule has 8 aromatic heterocycles. The largest absolute Gasteiger partial charge is 0.488 e. The Balaban J connectivity index is 0.000000123. The average molecular weight is 1820 g/mol. The van der Waals surface area contributed by atoms with Crippen molar-refractivity contribution in [1.82, 2.24) is 85.3 Å². The minimum Gasteiger partial charge on any atom is -0.488 e. The van der Waals surface area contributed by atoms with E-state index >= 15 is 0 Å². The number of morpholine rings is 4. The molecule has 5 N–H and O–H groups in total. The molecule has 0 spiro atoms. The number of anilines is 7. The molecule has 4 aliphatic heterocycles. The van der Waals surface area contributed by atoms with E-state index < -0.39 is 29.7 Å². The van der Waals surface area contributed by atoms with Gasteiger partial charge in [0.05, 0.1) is 118 Å². The number of alkyl halides is 3. The first-order valence-electron chi connectivity index (χ1n) is 45.6. The van der Waals surface area contributed by atoms with E-state index in [1.54, 1.807) is 68.2 Å². The molecule has 12 heterocycles. The Kier molecular flexibility index (Phi) is 30.1. The van der Waals surface area contributed by atoms with Crippen molar-refractivity contribution in [3.05, 3.63) is 164 Å². The maximum atomic E-state index is 13.3. The van der Waals surface area contributed by atoms with E-state index in [1.165, 1.54) is 0 Å². The van der Waals surface area contributed by atoms with Crippen LogP contribution in [0.3, 0.4) is 0 Å². The fourth-order valence-corrected chi connectivity index (χ4v) is 17.6. The molecule has 34 nitrogen and oxygen atoms in total. The Morgan fingerprint density at radius 2 is 0.735 bits per heavy atom. The summed E-state index contributed by atoms with van der Waals surface area (Å²) in [6.45, 7) is 18.4. The predicted molar refractivity (Wildman–Crippen MR) is 485 cm³/mol. The van der Waals surface area contributed by atoms with Crippen molar-refractivity contribution < 1.29 is 69.4 Å². The van der Waals surface area contributed by atoms with Crippen molar-refractivity contribution in [3.8, 4) is 28.7 Å². The second kappa shape index (κ2) is 43.5. The second-order valence-electron chi connectivity index (χ2n) is 34.1. The highest BCUT2D eigenvalue weighted by molar-refractivity contribution is 5.93. The van der Waals surface area contributed by atoms with Crippen LogP contribution in [0.2, 0.25) is 0 Å². The van der Waals surface area contributed by atoms with Crippen LogP contribution in [0.5, 0.6) is 28.7 Å². The van der Waals surface area contributed by atoms with Gasteiger partial charge in [0.15, 0.2) is 11.4 Å². The number of hydrogen-bond acceptors (Lipinski definition) is 32. The maximum Gasteiger partial charge on any atom is 0.432 e. The van der Waals surface area contributed by atoms with Gasteiger partial charge in [-0.05, 0) is 154 Å². The molecule has 12 aromatic rings. The number of carbonyl (C=O) groups excluding carboxylic acids is 1. The number of amides is 1. The molecule has 0 radical (unpaired) electrons. The number of rotatable bonds is 22. The molecule has 0 unspecified atom stereocenters. The minimum atomic E-state index is -4.57. The first kappa shape index (κ1) is 91.2. The number of benzene rings is 4. The lowest BCUT2D eigenvalue weighted by Gasteiger charge is -2.31. The monoisotopic (exact) mass is 1820 g/mol. The zero-order valence-corrected chi connectivity index (χ0v) is 74.0.